The number of Topliss-reactive ketones (excluding diaryl/α,β-unsaturated/α-hetero) is 1. The van der Waals surface area contributed by atoms with Crippen LogP contribution >= 0.6 is 11.3 Å². The Kier molecular flexibility index (Phi) is 3.23. The SMILES string of the molecule is CCOC(=O)c1sccc1N1CC(=O)CC1=O. The van der Waals surface area contributed by atoms with Crippen molar-refractivity contribution in [1.82, 2.24) is 0 Å². The van der Waals surface area contributed by atoms with Crippen LogP contribution in [0.5, 0.6) is 0 Å². The lowest BCUT2D eigenvalue weighted by molar-refractivity contribution is -0.121. The quantitative estimate of drug-likeness (QED) is 0.600. The van der Waals surface area contributed by atoms with Gasteiger partial charge < -0.3 is 9.64 Å². The van der Waals surface area contributed by atoms with Gasteiger partial charge in [0.15, 0.2) is 5.78 Å². The summed E-state index contributed by atoms with van der Waals surface area (Å²) in [6.07, 6.45) is -0.0852. The molecule has 0 aliphatic carbocycles. The first-order chi connectivity index (χ1) is 8.13. The molecule has 0 bridgehead atoms. The topological polar surface area (TPSA) is 63.7 Å². The van der Waals surface area contributed by atoms with Gasteiger partial charge in [0.05, 0.1) is 25.3 Å². The first-order valence-electron chi connectivity index (χ1n) is 5.20. The highest BCUT2D eigenvalue weighted by Crippen LogP contribution is 2.29. The number of hydrogen-bond acceptors (Lipinski definition) is 5. The zero-order valence-corrected chi connectivity index (χ0v) is 10.1. The summed E-state index contributed by atoms with van der Waals surface area (Å²) in [7, 11) is 0. The molecule has 0 aromatic carbocycles. The number of carbonyl (C=O) groups is 3. The van der Waals surface area contributed by atoms with Crippen molar-refractivity contribution in [3.63, 3.8) is 0 Å². The third kappa shape index (κ3) is 2.21. The molecule has 0 spiro atoms. The number of nitrogens with zero attached hydrogens (tertiary/aromatic N) is 1. The monoisotopic (exact) mass is 253 g/mol. The fourth-order valence-corrected chi connectivity index (χ4v) is 2.46. The molecule has 1 amide bonds. The number of rotatable bonds is 3. The summed E-state index contributed by atoms with van der Waals surface area (Å²) < 4.78 is 4.90. The molecule has 0 saturated carbocycles. The molecule has 0 radical (unpaired) electrons. The van der Waals surface area contributed by atoms with Gasteiger partial charge in [0, 0.05) is 0 Å². The van der Waals surface area contributed by atoms with Gasteiger partial charge in [-0.25, -0.2) is 4.79 Å². The Hall–Kier alpha value is -1.69. The standard InChI is InChI=1S/C11H11NO4S/c1-2-16-11(15)10-8(3-4-17-10)12-6-7(13)5-9(12)14/h3-4H,2,5-6H2,1H3. The Morgan fingerprint density at radius 2 is 2.29 bits per heavy atom. The smallest absolute Gasteiger partial charge is 0.350 e. The van der Waals surface area contributed by atoms with E-state index in [1.165, 1.54) is 16.2 Å². The molecule has 1 fully saturated rings. The van der Waals surface area contributed by atoms with Crippen LogP contribution < -0.4 is 4.90 Å². The van der Waals surface area contributed by atoms with E-state index in [1.807, 2.05) is 0 Å². The number of ether oxygens (including phenoxy) is 1. The van der Waals surface area contributed by atoms with Crippen molar-refractivity contribution in [2.45, 2.75) is 13.3 Å². The van der Waals surface area contributed by atoms with E-state index < -0.39 is 5.97 Å². The normalized spacial score (nSPS) is 15.5. The predicted octanol–water partition coefficient (Wildman–Crippen LogP) is 1.23. The molecule has 0 atom stereocenters. The molecule has 2 heterocycles. The minimum Gasteiger partial charge on any atom is -0.462 e. The average Bonchev–Trinajstić information content (AvgIpc) is 2.84. The van der Waals surface area contributed by atoms with E-state index in [4.69, 9.17) is 4.74 Å². The fraction of sp³-hybridized carbons (Fsp3) is 0.364. The van der Waals surface area contributed by atoms with Crippen LogP contribution in [-0.2, 0) is 14.3 Å². The molecular formula is C11H11NO4S. The number of ketones is 1. The Balaban J connectivity index is 2.28. The highest BCUT2D eigenvalue weighted by atomic mass is 32.1. The molecule has 0 unspecified atom stereocenters. The number of carbonyl (C=O) groups excluding carboxylic acids is 3. The Bertz CT molecular complexity index is 480. The van der Waals surface area contributed by atoms with E-state index >= 15 is 0 Å². The van der Waals surface area contributed by atoms with Gasteiger partial charge in [0.1, 0.15) is 4.88 Å². The molecule has 1 aromatic rings. The Morgan fingerprint density at radius 1 is 1.53 bits per heavy atom. The van der Waals surface area contributed by atoms with E-state index in [0.717, 1.165) is 0 Å². The van der Waals surface area contributed by atoms with Gasteiger partial charge >= 0.3 is 5.97 Å². The second-order valence-electron chi connectivity index (χ2n) is 3.55. The largest absolute Gasteiger partial charge is 0.462 e. The van der Waals surface area contributed by atoms with Crippen molar-refractivity contribution in [3.8, 4) is 0 Å². The van der Waals surface area contributed by atoms with Crippen molar-refractivity contribution in [1.29, 1.82) is 0 Å². The zero-order chi connectivity index (χ0) is 12.4. The van der Waals surface area contributed by atoms with Gasteiger partial charge in [-0.15, -0.1) is 11.3 Å². The first-order valence-corrected chi connectivity index (χ1v) is 6.08. The lowest BCUT2D eigenvalue weighted by Gasteiger charge is -2.14. The van der Waals surface area contributed by atoms with Crippen molar-refractivity contribution in [2.24, 2.45) is 0 Å². The molecule has 90 valence electrons. The predicted molar refractivity (Wildman–Crippen MR) is 62.3 cm³/mol. The van der Waals surface area contributed by atoms with Gasteiger partial charge in [-0.05, 0) is 18.4 Å². The van der Waals surface area contributed by atoms with Crippen LogP contribution in [0, 0.1) is 0 Å². The molecule has 2 rings (SSSR count). The fourth-order valence-electron chi connectivity index (χ4n) is 1.67. The van der Waals surface area contributed by atoms with Crippen LogP contribution in [0.2, 0.25) is 0 Å². The third-order valence-electron chi connectivity index (χ3n) is 2.38. The molecule has 5 nitrogen and oxygen atoms in total. The van der Waals surface area contributed by atoms with E-state index in [-0.39, 0.29) is 31.3 Å². The van der Waals surface area contributed by atoms with Crippen LogP contribution in [-0.4, -0.2) is 30.8 Å². The van der Waals surface area contributed by atoms with E-state index in [9.17, 15) is 14.4 Å². The average molecular weight is 253 g/mol. The number of amides is 1. The van der Waals surface area contributed by atoms with Gasteiger partial charge in [-0.2, -0.15) is 0 Å². The molecule has 17 heavy (non-hydrogen) atoms. The summed E-state index contributed by atoms with van der Waals surface area (Å²) in [5, 5.41) is 1.71. The highest BCUT2D eigenvalue weighted by molar-refractivity contribution is 7.12. The lowest BCUT2D eigenvalue weighted by atomic mass is 10.3. The van der Waals surface area contributed by atoms with E-state index in [0.29, 0.717) is 10.6 Å². The summed E-state index contributed by atoms with van der Waals surface area (Å²) in [6, 6.07) is 1.66. The number of anilines is 1. The van der Waals surface area contributed by atoms with Crippen molar-refractivity contribution in [3.05, 3.63) is 16.3 Å². The van der Waals surface area contributed by atoms with Crippen LogP contribution in [0.1, 0.15) is 23.0 Å². The molecule has 6 heteroatoms. The molecule has 1 aliphatic heterocycles. The number of esters is 1. The summed E-state index contributed by atoms with van der Waals surface area (Å²) in [4.78, 5) is 36.1. The van der Waals surface area contributed by atoms with Crippen molar-refractivity contribution >= 4 is 34.7 Å². The third-order valence-corrected chi connectivity index (χ3v) is 3.26. The molecule has 0 N–H and O–H groups in total. The summed E-state index contributed by atoms with van der Waals surface area (Å²) in [5.41, 5.74) is 0.476. The van der Waals surface area contributed by atoms with Gasteiger partial charge in [0.25, 0.3) is 0 Å². The lowest BCUT2D eigenvalue weighted by Crippen LogP contribution is -2.25. The highest BCUT2D eigenvalue weighted by Gasteiger charge is 2.32. The molecule has 1 saturated heterocycles. The maximum atomic E-state index is 11.6. The molecular weight excluding hydrogens is 242 g/mol. The van der Waals surface area contributed by atoms with Crippen molar-refractivity contribution < 1.29 is 19.1 Å². The zero-order valence-electron chi connectivity index (χ0n) is 9.26. The Labute approximate surface area is 102 Å². The van der Waals surface area contributed by atoms with E-state index in [2.05, 4.69) is 0 Å². The van der Waals surface area contributed by atoms with Gasteiger partial charge in [-0.3, -0.25) is 9.59 Å². The minimum atomic E-state index is -0.454. The maximum absolute atomic E-state index is 11.6. The summed E-state index contributed by atoms with van der Waals surface area (Å²) >= 11 is 1.21. The Morgan fingerprint density at radius 3 is 2.88 bits per heavy atom. The second kappa shape index (κ2) is 4.67. The van der Waals surface area contributed by atoms with Crippen LogP contribution in [0.25, 0.3) is 0 Å². The minimum absolute atomic E-state index is 0.0436. The molecule has 1 aliphatic rings. The summed E-state index contributed by atoms with van der Waals surface area (Å²) in [6.45, 7) is 2.04. The van der Waals surface area contributed by atoms with Crippen LogP contribution in [0.4, 0.5) is 5.69 Å². The van der Waals surface area contributed by atoms with E-state index in [1.54, 1.807) is 18.4 Å². The molecule has 1 aromatic heterocycles. The summed E-state index contributed by atoms with van der Waals surface area (Å²) in [5.74, 6) is -0.848. The van der Waals surface area contributed by atoms with Crippen molar-refractivity contribution in [2.75, 3.05) is 18.1 Å². The van der Waals surface area contributed by atoms with Gasteiger partial charge in [-0.1, -0.05) is 0 Å². The maximum Gasteiger partial charge on any atom is 0.350 e. The first kappa shape index (κ1) is 11.8. The van der Waals surface area contributed by atoms with Gasteiger partial charge in [0.2, 0.25) is 5.91 Å². The number of thiophene rings is 1. The number of hydrogen-bond donors (Lipinski definition) is 0. The second-order valence-corrected chi connectivity index (χ2v) is 4.47. The van der Waals surface area contributed by atoms with Crippen LogP contribution in [0.3, 0.4) is 0 Å². The van der Waals surface area contributed by atoms with Crippen LogP contribution in [0.15, 0.2) is 11.4 Å².